The fourth-order valence-electron chi connectivity index (χ4n) is 2.52. The number of esters is 1. The van der Waals surface area contributed by atoms with Gasteiger partial charge in [-0.05, 0) is 38.8 Å². The van der Waals surface area contributed by atoms with Crippen LogP contribution in [-0.2, 0) is 16.0 Å². The van der Waals surface area contributed by atoms with Gasteiger partial charge < -0.3 is 15.2 Å². The molecule has 2 rings (SSSR count). The molecule has 8 nitrogen and oxygen atoms in total. The molecule has 2 aromatic heterocycles. The average molecular weight is 379 g/mol. The number of carbonyl (C=O) groups is 3. The predicted molar refractivity (Wildman–Crippen MR) is 96.9 cm³/mol. The number of aromatic nitrogens is 2. The van der Waals surface area contributed by atoms with Crippen LogP contribution in [0.1, 0.15) is 58.1 Å². The molecule has 26 heavy (non-hydrogen) atoms. The van der Waals surface area contributed by atoms with Gasteiger partial charge in [0, 0.05) is 11.1 Å². The molecule has 2 heterocycles. The number of nitrogens with zero attached hydrogens (tertiary/aromatic N) is 2. The van der Waals surface area contributed by atoms with Crippen molar-refractivity contribution in [1.82, 2.24) is 9.78 Å². The van der Waals surface area contributed by atoms with Gasteiger partial charge in [0.2, 0.25) is 5.91 Å². The molecule has 0 saturated heterocycles. The summed E-state index contributed by atoms with van der Waals surface area (Å²) in [5.41, 5.74) is 1.09. The van der Waals surface area contributed by atoms with Gasteiger partial charge in [-0.2, -0.15) is 5.10 Å². The largest absolute Gasteiger partial charge is 0.476 e. The Hall–Kier alpha value is -2.68. The molecule has 0 bridgehead atoms. The first-order valence-electron chi connectivity index (χ1n) is 8.18. The summed E-state index contributed by atoms with van der Waals surface area (Å²) in [5, 5.41) is 16.0. The van der Waals surface area contributed by atoms with Crippen LogP contribution in [0.5, 0.6) is 0 Å². The van der Waals surface area contributed by atoms with E-state index in [9.17, 15) is 14.4 Å². The smallest absolute Gasteiger partial charge is 0.356 e. The maximum atomic E-state index is 12.6. The third-order valence-electron chi connectivity index (χ3n) is 3.88. The number of ether oxygens (including phenoxy) is 1. The molecule has 0 spiro atoms. The zero-order valence-electron chi connectivity index (χ0n) is 15.0. The average Bonchev–Trinajstić information content (AvgIpc) is 3.19. The molecule has 0 fully saturated rings. The molecular formula is C17H21N3O5S. The fourth-order valence-corrected chi connectivity index (χ4v) is 3.65. The Balaban J connectivity index is 2.27. The van der Waals surface area contributed by atoms with E-state index < -0.39 is 23.9 Å². The molecule has 1 atom stereocenters. The second kappa shape index (κ2) is 8.13. The molecule has 0 aliphatic rings. The van der Waals surface area contributed by atoms with E-state index in [4.69, 9.17) is 9.84 Å². The van der Waals surface area contributed by atoms with Crippen LogP contribution in [0.15, 0.2) is 12.3 Å². The van der Waals surface area contributed by atoms with Gasteiger partial charge in [0.15, 0.2) is 5.69 Å². The Labute approximate surface area is 154 Å². The van der Waals surface area contributed by atoms with Crippen LogP contribution in [0.3, 0.4) is 0 Å². The Morgan fingerprint density at radius 1 is 1.38 bits per heavy atom. The SMILES string of the molecule is CCOC(=O)c1c(NC(=O)C(C)n2ccc(C(=O)O)n2)sc(C)c1CC. The maximum absolute atomic E-state index is 12.6. The van der Waals surface area contributed by atoms with Crippen LogP contribution in [0.4, 0.5) is 5.00 Å². The molecule has 0 saturated carbocycles. The molecule has 2 aromatic rings. The highest BCUT2D eigenvalue weighted by Gasteiger charge is 2.25. The highest BCUT2D eigenvalue weighted by Crippen LogP contribution is 2.34. The molecule has 0 aromatic carbocycles. The number of hydrogen-bond acceptors (Lipinski definition) is 6. The lowest BCUT2D eigenvalue weighted by Gasteiger charge is -2.13. The summed E-state index contributed by atoms with van der Waals surface area (Å²) in [6, 6.07) is 0.575. The number of amides is 1. The van der Waals surface area contributed by atoms with Gasteiger partial charge in [0.05, 0.1) is 12.2 Å². The van der Waals surface area contributed by atoms with Gasteiger partial charge in [-0.25, -0.2) is 9.59 Å². The number of carboxylic acid groups (broad SMARTS) is 1. The zero-order valence-corrected chi connectivity index (χ0v) is 15.8. The molecule has 9 heteroatoms. The van der Waals surface area contributed by atoms with Gasteiger partial charge >= 0.3 is 11.9 Å². The summed E-state index contributed by atoms with van der Waals surface area (Å²) >= 11 is 1.31. The molecule has 0 radical (unpaired) electrons. The van der Waals surface area contributed by atoms with Crippen molar-refractivity contribution in [3.63, 3.8) is 0 Å². The minimum Gasteiger partial charge on any atom is -0.476 e. The molecule has 1 unspecified atom stereocenters. The van der Waals surface area contributed by atoms with Crippen molar-refractivity contribution in [2.75, 3.05) is 11.9 Å². The number of aryl methyl sites for hydroxylation is 1. The topological polar surface area (TPSA) is 111 Å². The Bertz CT molecular complexity index is 840. The fraction of sp³-hybridized carbons (Fsp3) is 0.412. The summed E-state index contributed by atoms with van der Waals surface area (Å²) in [5.74, 6) is -2.04. The second-order valence-electron chi connectivity index (χ2n) is 5.57. The summed E-state index contributed by atoms with van der Waals surface area (Å²) < 4.78 is 6.38. The van der Waals surface area contributed by atoms with E-state index in [1.54, 1.807) is 13.8 Å². The number of carboxylic acids is 1. The van der Waals surface area contributed by atoms with E-state index in [0.29, 0.717) is 17.0 Å². The molecular weight excluding hydrogens is 358 g/mol. The van der Waals surface area contributed by atoms with E-state index in [-0.39, 0.29) is 12.3 Å². The Kier molecular flexibility index (Phi) is 6.14. The number of nitrogens with one attached hydrogen (secondary N) is 1. The van der Waals surface area contributed by atoms with Gasteiger partial charge in [0.25, 0.3) is 0 Å². The van der Waals surface area contributed by atoms with Crippen LogP contribution in [0.2, 0.25) is 0 Å². The van der Waals surface area contributed by atoms with Crippen molar-refractivity contribution in [3.05, 3.63) is 34.0 Å². The minimum absolute atomic E-state index is 0.142. The van der Waals surface area contributed by atoms with E-state index in [2.05, 4.69) is 10.4 Å². The second-order valence-corrected chi connectivity index (χ2v) is 6.79. The number of anilines is 1. The lowest BCUT2D eigenvalue weighted by atomic mass is 10.1. The van der Waals surface area contributed by atoms with Crippen molar-refractivity contribution in [3.8, 4) is 0 Å². The quantitative estimate of drug-likeness (QED) is 0.716. The number of carbonyl (C=O) groups excluding carboxylic acids is 2. The number of aromatic carboxylic acids is 1. The van der Waals surface area contributed by atoms with Crippen LogP contribution in [-0.4, -0.2) is 39.3 Å². The Morgan fingerprint density at radius 3 is 2.62 bits per heavy atom. The molecule has 140 valence electrons. The number of rotatable bonds is 7. The van der Waals surface area contributed by atoms with Gasteiger partial charge in [0.1, 0.15) is 11.0 Å². The van der Waals surface area contributed by atoms with E-state index in [1.165, 1.54) is 28.3 Å². The predicted octanol–water partition coefficient (Wildman–Crippen LogP) is 2.89. The lowest BCUT2D eigenvalue weighted by molar-refractivity contribution is -0.119. The maximum Gasteiger partial charge on any atom is 0.356 e. The van der Waals surface area contributed by atoms with Crippen LogP contribution in [0, 0.1) is 6.92 Å². The summed E-state index contributed by atoms with van der Waals surface area (Å²) in [7, 11) is 0. The zero-order chi connectivity index (χ0) is 19.4. The monoisotopic (exact) mass is 379 g/mol. The lowest BCUT2D eigenvalue weighted by Crippen LogP contribution is -2.25. The van der Waals surface area contributed by atoms with Gasteiger partial charge in [-0.3, -0.25) is 9.48 Å². The summed E-state index contributed by atoms with van der Waals surface area (Å²) in [4.78, 5) is 36.7. The van der Waals surface area contributed by atoms with Crippen molar-refractivity contribution < 1.29 is 24.2 Å². The van der Waals surface area contributed by atoms with Crippen molar-refractivity contribution in [1.29, 1.82) is 0 Å². The standard InChI is InChI=1S/C17H21N3O5S/c1-5-11-10(4)26-15(13(11)17(24)25-6-2)18-14(21)9(3)20-8-7-12(19-20)16(22)23/h7-9H,5-6H2,1-4H3,(H,18,21)(H,22,23). The first kappa shape index (κ1) is 19.6. The van der Waals surface area contributed by atoms with Gasteiger partial charge in [-0.15, -0.1) is 11.3 Å². The van der Waals surface area contributed by atoms with E-state index in [0.717, 1.165) is 10.4 Å². The highest BCUT2D eigenvalue weighted by atomic mass is 32.1. The van der Waals surface area contributed by atoms with Crippen molar-refractivity contribution in [2.24, 2.45) is 0 Å². The van der Waals surface area contributed by atoms with Crippen LogP contribution in [0.25, 0.3) is 0 Å². The minimum atomic E-state index is -1.16. The van der Waals surface area contributed by atoms with Crippen LogP contribution < -0.4 is 5.32 Å². The van der Waals surface area contributed by atoms with Gasteiger partial charge in [-0.1, -0.05) is 6.92 Å². The summed E-state index contributed by atoms with van der Waals surface area (Å²) in [6.45, 7) is 7.38. The van der Waals surface area contributed by atoms with Crippen molar-refractivity contribution >= 4 is 34.2 Å². The summed E-state index contributed by atoms with van der Waals surface area (Å²) in [6.07, 6.45) is 2.07. The molecule has 0 aliphatic carbocycles. The highest BCUT2D eigenvalue weighted by molar-refractivity contribution is 7.16. The third-order valence-corrected chi connectivity index (χ3v) is 4.95. The van der Waals surface area contributed by atoms with E-state index >= 15 is 0 Å². The van der Waals surface area contributed by atoms with Crippen molar-refractivity contribution in [2.45, 2.75) is 40.2 Å². The number of hydrogen-bond donors (Lipinski definition) is 2. The number of thiophene rings is 1. The molecule has 0 aliphatic heterocycles. The molecule has 1 amide bonds. The van der Waals surface area contributed by atoms with Crippen LogP contribution >= 0.6 is 11.3 Å². The third kappa shape index (κ3) is 3.93. The normalized spacial score (nSPS) is 11.8. The molecule has 2 N–H and O–H groups in total. The first-order valence-corrected chi connectivity index (χ1v) is 9.00. The first-order chi connectivity index (χ1) is 12.3. The van der Waals surface area contributed by atoms with E-state index in [1.807, 2.05) is 13.8 Å². The Morgan fingerprint density at radius 2 is 2.08 bits per heavy atom.